The summed E-state index contributed by atoms with van der Waals surface area (Å²) in [5.74, 6) is 1.13. The number of rotatable bonds is 5. The molecule has 4 aromatic rings. The highest BCUT2D eigenvalue weighted by molar-refractivity contribution is 6.00. The molecule has 0 saturated carbocycles. The number of carbonyl (C=O) groups excluding carboxylic acids is 1. The van der Waals surface area contributed by atoms with Gasteiger partial charge in [0.25, 0.3) is 5.91 Å². The van der Waals surface area contributed by atoms with Crippen molar-refractivity contribution < 1.29 is 19.1 Å². The molecule has 2 heterocycles. The zero-order valence-corrected chi connectivity index (χ0v) is 18.1. The number of ether oxygens (including phenoxy) is 1. The van der Waals surface area contributed by atoms with E-state index in [1.54, 1.807) is 18.2 Å². The monoisotopic (exact) mass is 437 g/mol. The molecule has 0 spiro atoms. The third kappa shape index (κ3) is 3.78. The first-order valence-corrected chi connectivity index (χ1v) is 10.7. The van der Waals surface area contributed by atoms with Crippen molar-refractivity contribution in [3.05, 3.63) is 113 Å². The van der Waals surface area contributed by atoms with Crippen molar-refractivity contribution in [2.75, 3.05) is 12.4 Å². The summed E-state index contributed by atoms with van der Waals surface area (Å²) < 4.78 is 11.4. The highest BCUT2D eigenvalue weighted by Gasteiger charge is 2.49. The average Bonchev–Trinajstić information content (AvgIpc) is 3.33. The number of hydrogen-bond acceptors (Lipinski definition) is 4. The van der Waals surface area contributed by atoms with E-state index in [-0.39, 0.29) is 5.91 Å². The zero-order valence-electron chi connectivity index (χ0n) is 18.1. The van der Waals surface area contributed by atoms with Gasteiger partial charge in [0.1, 0.15) is 11.5 Å². The van der Waals surface area contributed by atoms with Crippen LogP contribution in [0.15, 0.2) is 95.4 Å². The van der Waals surface area contributed by atoms with Crippen LogP contribution in [-0.2, 0) is 15.1 Å². The van der Waals surface area contributed by atoms with Crippen LogP contribution in [0.5, 0.6) is 0 Å². The molecule has 0 radical (unpaired) electrons. The SMILES string of the molecule is COC1C(=O)Nc2ccc(/C=C/c3ccc(-c4ccccc4)o3)cc2C1(O)c1ccccc1. The number of aliphatic hydroxyl groups is 1. The van der Waals surface area contributed by atoms with Crippen molar-refractivity contribution in [1.82, 2.24) is 0 Å². The molecule has 5 heteroatoms. The minimum atomic E-state index is -1.62. The van der Waals surface area contributed by atoms with E-state index in [9.17, 15) is 9.90 Å². The third-order valence-corrected chi connectivity index (χ3v) is 5.90. The first-order valence-electron chi connectivity index (χ1n) is 10.7. The third-order valence-electron chi connectivity index (χ3n) is 5.90. The zero-order chi connectivity index (χ0) is 22.8. The Kier molecular flexibility index (Phi) is 5.42. The molecule has 2 unspecified atom stereocenters. The van der Waals surface area contributed by atoms with E-state index in [1.807, 2.05) is 84.9 Å². The predicted octanol–water partition coefficient (Wildman–Crippen LogP) is 5.32. The van der Waals surface area contributed by atoms with Gasteiger partial charge in [-0.25, -0.2) is 0 Å². The first-order chi connectivity index (χ1) is 16.1. The Morgan fingerprint density at radius 1 is 0.939 bits per heavy atom. The maximum atomic E-state index is 12.7. The fourth-order valence-electron chi connectivity index (χ4n) is 4.27. The number of methoxy groups -OCH3 is 1. The van der Waals surface area contributed by atoms with E-state index >= 15 is 0 Å². The van der Waals surface area contributed by atoms with Gasteiger partial charge < -0.3 is 19.6 Å². The standard InChI is InChI=1S/C28H23NO4/c1-32-26-27(30)29-24-16-13-19(18-23(24)28(26,31)21-10-6-3-7-11-21)12-14-22-15-17-25(33-22)20-8-4-2-5-9-20/h2-18,26,31H,1H3,(H,29,30)/b14-12+. The van der Waals surface area contributed by atoms with Gasteiger partial charge in [-0.1, -0.05) is 72.8 Å². The predicted molar refractivity (Wildman–Crippen MR) is 128 cm³/mol. The Bertz CT molecular complexity index is 1310. The summed E-state index contributed by atoms with van der Waals surface area (Å²) in [6, 6.07) is 28.4. The van der Waals surface area contributed by atoms with E-state index in [4.69, 9.17) is 9.15 Å². The van der Waals surface area contributed by atoms with Crippen molar-refractivity contribution >= 4 is 23.7 Å². The molecule has 1 amide bonds. The van der Waals surface area contributed by atoms with Crippen LogP contribution >= 0.6 is 0 Å². The molecular weight excluding hydrogens is 414 g/mol. The van der Waals surface area contributed by atoms with Crippen LogP contribution < -0.4 is 5.32 Å². The summed E-state index contributed by atoms with van der Waals surface area (Å²) in [7, 11) is 1.42. The fraction of sp³-hybridized carbons (Fsp3) is 0.107. The lowest BCUT2D eigenvalue weighted by atomic mass is 9.77. The van der Waals surface area contributed by atoms with Gasteiger partial charge in [0.05, 0.1) is 0 Å². The van der Waals surface area contributed by atoms with Crippen molar-refractivity contribution in [3.8, 4) is 11.3 Å². The lowest BCUT2D eigenvalue weighted by Crippen LogP contribution is -2.52. The maximum absolute atomic E-state index is 12.7. The second-order valence-corrected chi connectivity index (χ2v) is 7.94. The smallest absolute Gasteiger partial charge is 0.257 e. The molecule has 0 bridgehead atoms. The molecule has 0 fully saturated rings. The molecule has 3 aromatic carbocycles. The summed E-state index contributed by atoms with van der Waals surface area (Å²) >= 11 is 0. The molecular formula is C28H23NO4. The van der Waals surface area contributed by atoms with E-state index in [2.05, 4.69) is 5.32 Å². The number of nitrogens with one attached hydrogen (secondary N) is 1. The number of carbonyl (C=O) groups is 1. The van der Waals surface area contributed by atoms with E-state index in [1.165, 1.54) is 7.11 Å². The highest BCUT2D eigenvalue weighted by atomic mass is 16.5. The normalized spacial score (nSPS) is 19.9. The maximum Gasteiger partial charge on any atom is 0.257 e. The first kappa shape index (κ1) is 20.9. The molecule has 0 aliphatic carbocycles. The number of anilines is 1. The van der Waals surface area contributed by atoms with Crippen LogP contribution in [-0.4, -0.2) is 24.2 Å². The second kappa shape index (κ2) is 8.54. The van der Waals surface area contributed by atoms with Gasteiger partial charge in [0, 0.05) is 23.9 Å². The minimum absolute atomic E-state index is 0.385. The summed E-state index contributed by atoms with van der Waals surface area (Å²) in [6.07, 6.45) is 2.72. The molecule has 1 aliphatic rings. The minimum Gasteiger partial charge on any atom is -0.457 e. The summed E-state index contributed by atoms with van der Waals surface area (Å²) in [5, 5.41) is 14.7. The quantitative estimate of drug-likeness (QED) is 0.443. The molecule has 1 aliphatic heterocycles. The lowest BCUT2D eigenvalue weighted by Gasteiger charge is -2.40. The Morgan fingerprint density at radius 3 is 2.39 bits per heavy atom. The van der Waals surface area contributed by atoms with Crippen molar-refractivity contribution in [2.45, 2.75) is 11.7 Å². The Labute approximate surface area is 192 Å². The Morgan fingerprint density at radius 2 is 1.67 bits per heavy atom. The molecule has 2 N–H and O–H groups in total. The van der Waals surface area contributed by atoms with Crippen LogP contribution in [0, 0.1) is 0 Å². The highest BCUT2D eigenvalue weighted by Crippen LogP contribution is 2.42. The number of hydrogen-bond donors (Lipinski definition) is 2. The molecule has 164 valence electrons. The summed E-state index contributed by atoms with van der Waals surface area (Å²) in [6.45, 7) is 0. The summed E-state index contributed by atoms with van der Waals surface area (Å²) in [5.41, 5.74) is 1.97. The van der Waals surface area contributed by atoms with Crippen molar-refractivity contribution in [3.63, 3.8) is 0 Å². The lowest BCUT2D eigenvalue weighted by molar-refractivity contribution is -0.142. The Hall–Kier alpha value is -3.93. The van der Waals surface area contributed by atoms with Gasteiger partial charge in [-0.05, 0) is 41.5 Å². The topological polar surface area (TPSA) is 71.7 Å². The van der Waals surface area contributed by atoms with Gasteiger partial charge >= 0.3 is 0 Å². The van der Waals surface area contributed by atoms with Crippen LogP contribution in [0.3, 0.4) is 0 Å². The number of fused-ring (bicyclic) bond motifs is 1. The van der Waals surface area contributed by atoms with E-state index in [0.29, 0.717) is 22.6 Å². The van der Waals surface area contributed by atoms with Gasteiger partial charge in [0.15, 0.2) is 11.7 Å². The fourth-order valence-corrected chi connectivity index (χ4v) is 4.27. The second-order valence-electron chi connectivity index (χ2n) is 7.94. The molecule has 1 aromatic heterocycles. The van der Waals surface area contributed by atoms with Crippen molar-refractivity contribution in [2.24, 2.45) is 0 Å². The number of benzene rings is 3. The van der Waals surface area contributed by atoms with Crippen LogP contribution in [0.25, 0.3) is 23.5 Å². The van der Waals surface area contributed by atoms with E-state index < -0.39 is 11.7 Å². The molecule has 33 heavy (non-hydrogen) atoms. The van der Waals surface area contributed by atoms with E-state index in [0.717, 1.165) is 16.9 Å². The van der Waals surface area contributed by atoms with Crippen molar-refractivity contribution in [1.29, 1.82) is 0 Å². The van der Waals surface area contributed by atoms with Crippen LogP contribution in [0.2, 0.25) is 0 Å². The van der Waals surface area contributed by atoms with Gasteiger partial charge in [-0.3, -0.25) is 4.79 Å². The largest absolute Gasteiger partial charge is 0.457 e. The van der Waals surface area contributed by atoms with Crippen LogP contribution in [0.4, 0.5) is 5.69 Å². The average molecular weight is 437 g/mol. The molecule has 5 nitrogen and oxygen atoms in total. The van der Waals surface area contributed by atoms with Gasteiger partial charge in [-0.15, -0.1) is 0 Å². The molecule has 5 rings (SSSR count). The number of furan rings is 1. The van der Waals surface area contributed by atoms with Crippen LogP contribution in [0.1, 0.15) is 22.5 Å². The molecule has 0 saturated heterocycles. The summed E-state index contributed by atoms with van der Waals surface area (Å²) in [4.78, 5) is 12.7. The van der Waals surface area contributed by atoms with Gasteiger partial charge in [0.2, 0.25) is 0 Å². The number of amides is 1. The molecule has 2 atom stereocenters. The van der Waals surface area contributed by atoms with Gasteiger partial charge in [-0.2, -0.15) is 0 Å². The Balaban J connectivity index is 1.51.